The fourth-order valence-electron chi connectivity index (χ4n) is 3.58. The molecule has 4 nitrogen and oxygen atoms in total. The third-order valence-electron chi connectivity index (χ3n) is 5.56. The molecule has 0 aromatic carbocycles. The number of rotatable bonds is 23. The molecular weight excluding hydrogens is 376 g/mol. The first kappa shape index (κ1) is 31.6. The third kappa shape index (κ3) is 34.9. The standard InChI is InChI=1S/C14H30O2.C12H24O2/c15-13-11-9-7-5-3-1-2-4-6-8-10-12-14-16;1-2-3-4-5-6-7-8-9-10-11-12(13)14/h15-16H,1-14H2;2-11H2,1H3,(H,13,14). The van der Waals surface area contributed by atoms with E-state index in [4.69, 9.17) is 15.3 Å². The average Bonchev–Trinajstić information content (AvgIpc) is 2.74. The summed E-state index contributed by atoms with van der Waals surface area (Å²) in [5.41, 5.74) is 0. The molecule has 0 atom stereocenters. The van der Waals surface area contributed by atoms with Crippen LogP contribution in [0.25, 0.3) is 0 Å². The quantitative estimate of drug-likeness (QED) is 0.145. The van der Waals surface area contributed by atoms with Crippen LogP contribution in [0, 0.1) is 0 Å². The monoisotopic (exact) mass is 430 g/mol. The van der Waals surface area contributed by atoms with Crippen LogP contribution >= 0.6 is 0 Å². The van der Waals surface area contributed by atoms with Crippen LogP contribution in [0.15, 0.2) is 0 Å². The van der Waals surface area contributed by atoms with Gasteiger partial charge in [0.2, 0.25) is 0 Å². The van der Waals surface area contributed by atoms with Crippen LogP contribution in [-0.2, 0) is 4.79 Å². The van der Waals surface area contributed by atoms with Crippen molar-refractivity contribution in [2.45, 2.75) is 148 Å². The minimum atomic E-state index is -0.659. The summed E-state index contributed by atoms with van der Waals surface area (Å²) < 4.78 is 0. The molecular formula is C26H54O4. The maximum atomic E-state index is 10.2. The number of aliphatic hydroxyl groups excluding tert-OH is 2. The Hall–Kier alpha value is -0.610. The van der Waals surface area contributed by atoms with Crippen molar-refractivity contribution in [3.63, 3.8) is 0 Å². The fourth-order valence-corrected chi connectivity index (χ4v) is 3.58. The zero-order valence-electron chi connectivity index (χ0n) is 20.2. The van der Waals surface area contributed by atoms with Gasteiger partial charge in [-0.05, 0) is 19.3 Å². The Balaban J connectivity index is 0. The van der Waals surface area contributed by atoms with Crippen LogP contribution in [0.3, 0.4) is 0 Å². The second-order valence-electron chi connectivity index (χ2n) is 8.66. The average molecular weight is 431 g/mol. The lowest BCUT2D eigenvalue weighted by atomic mass is 10.1. The minimum absolute atomic E-state index is 0.343. The second kappa shape index (κ2) is 30.6. The molecule has 0 spiro atoms. The van der Waals surface area contributed by atoms with E-state index >= 15 is 0 Å². The molecule has 30 heavy (non-hydrogen) atoms. The van der Waals surface area contributed by atoms with Gasteiger partial charge in [-0.1, -0.05) is 122 Å². The molecule has 0 bridgehead atoms. The summed E-state index contributed by atoms with van der Waals surface area (Å²) >= 11 is 0. The highest BCUT2D eigenvalue weighted by molar-refractivity contribution is 5.66. The van der Waals surface area contributed by atoms with Gasteiger partial charge in [-0.2, -0.15) is 0 Å². The van der Waals surface area contributed by atoms with E-state index in [0.29, 0.717) is 19.6 Å². The molecule has 0 saturated carbocycles. The van der Waals surface area contributed by atoms with Gasteiger partial charge in [0.1, 0.15) is 0 Å². The largest absolute Gasteiger partial charge is 0.481 e. The first-order chi connectivity index (χ1) is 14.7. The van der Waals surface area contributed by atoms with Crippen molar-refractivity contribution in [1.82, 2.24) is 0 Å². The summed E-state index contributed by atoms with van der Waals surface area (Å²) in [5.74, 6) is -0.659. The van der Waals surface area contributed by atoms with Gasteiger partial charge in [0, 0.05) is 19.6 Å². The summed E-state index contributed by atoms with van der Waals surface area (Å²) in [6.45, 7) is 2.94. The summed E-state index contributed by atoms with van der Waals surface area (Å²) in [6, 6.07) is 0. The van der Waals surface area contributed by atoms with Crippen molar-refractivity contribution in [2.75, 3.05) is 13.2 Å². The van der Waals surface area contributed by atoms with Crippen LogP contribution in [0.1, 0.15) is 148 Å². The van der Waals surface area contributed by atoms with E-state index in [1.54, 1.807) is 0 Å². The van der Waals surface area contributed by atoms with Crippen LogP contribution in [0.5, 0.6) is 0 Å². The van der Waals surface area contributed by atoms with E-state index in [-0.39, 0.29) is 0 Å². The summed E-state index contributed by atoms with van der Waals surface area (Å²) in [5, 5.41) is 25.6. The molecule has 0 fully saturated rings. The first-order valence-electron chi connectivity index (χ1n) is 13.1. The van der Waals surface area contributed by atoms with E-state index in [9.17, 15) is 4.79 Å². The maximum absolute atomic E-state index is 10.2. The summed E-state index contributed by atoms with van der Waals surface area (Å²) in [4.78, 5) is 10.2. The Bertz CT molecular complexity index is 293. The molecule has 0 saturated heterocycles. The summed E-state index contributed by atoms with van der Waals surface area (Å²) in [7, 11) is 0. The van der Waals surface area contributed by atoms with Crippen molar-refractivity contribution in [2.24, 2.45) is 0 Å². The van der Waals surface area contributed by atoms with Gasteiger partial charge in [0.25, 0.3) is 0 Å². The van der Waals surface area contributed by atoms with Gasteiger partial charge in [-0.25, -0.2) is 0 Å². The highest BCUT2D eigenvalue weighted by atomic mass is 16.4. The van der Waals surface area contributed by atoms with Crippen molar-refractivity contribution in [3.8, 4) is 0 Å². The van der Waals surface area contributed by atoms with Crippen molar-refractivity contribution < 1.29 is 20.1 Å². The molecule has 4 heteroatoms. The van der Waals surface area contributed by atoms with Crippen molar-refractivity contribution >= 4 is 5.97 Å². The predicted molar refractivity (Wildman–Crippen MR) is 129 cm³/mol. The molecule has 0 radical (unpaired) electrons. The molecule has 0 aliphatic rings. The van der Waals surface area contributed by atoms with E-state index in [2.05, 4.69) is 6.92 Å². The van der Waals surface area contributed by atoms with Gasteiger partial charge in [-0.3, -0.25) is 4.79 Å². The highest BCUT2D eigenvalue weighted by Gasteiger charge is 1.96. The Morgan fingerprint density at radius 1 is 0.467 bits per heavy atom. The van der Waals surface area contributed by atoms with Gasteiger partial charge in [-0.15, -0.1) is 0 Å². The number of unbranched alkanes of at least 4 members (excludes halogenated alkanes) is 19. The maximum Gasteiger partial charge on any atom is 0.303 e. The zero-order chi connectivity index (χ0) is 22.5. The Morgan fingerprint density at radius 2 is 0.733 bits per heavy atom. The number of aliphatic hydroxyl groups is 2. The number of carbonyl (C=O) groups is 1. The van der Waals surface area contributed by atoms with Gasteiger partial charge < -0.3 is 15.3 Å². The number of carboxylic acid groups (broad SMARTS) is 1. The van der Waals surface area contributed by atoms with E-state index in [0.717, 1.165) is 25.7 Å². The molecule has 3 N–H and O–H groups in total. The van der Waals surface area contributed by atoms with Gasteiger partial charge >= 0.3 is 5.97 Å². The molecule has 0 aromatic heterocycles. The molecule has 0 aliphatic heterocycles. The second-order valence-corrected chi connectivity index (χ2v) is 8.66. The molecule has 0 heterocycles. The molecule has 0 amide bonds. The number of hydrogen-bond donors (Lipinski definition) is 3. The normalized spacial score (nSPS) is 10.6. The first-order valence-corrected chi connectivity index (χ1v) is 13.1. The number of aliphatic carboxylic acids is 1. The molecule has 0 aliphatic carbocycles. The lowest BCUT2D eigenvalue weighted by molar-refractivity contribution is -0.137. The molecule has 182 valence electrons. The van der Waals surface area contributed by atoms with Gasteiger partial charge in [0.15, 0.2) is 0 Å². The highest BCUT2D eigenvalue weighted by Crippen LogP contribution is 2.12. The Morgan fingerprint density at radius 3 is 1.00 bits per heavy atom. The van der Waals surface area contributed by atoms with Crippen LogP contribution < -0.4 is 0 Å². The van der Waals surface area contributed by atoms with E-state index in [1.165, 1.54) is 109 Å². The lowest BCUT2D eigenvalue weighted by Crippen LogP contribution is -1.93. The third-order valence-corrected chi connectivity index (χ3v) is 5.56. The Labute approximate surface area is 187 Å². The zero-order valence-corrected chi connectivity index (χ0v) is 20.2. The lowest BCUT2D eigenvalue weighted by Gasteiger charge is -2.02. The predicted octanol–water partition coefficient (Wildman–Crippen LogP) is 7.64. The SMILES string of the molecule is CCCCCCCCCCCC(=O)O.OCCCCCCCCCCCCCCO. The van der Waals surface area contributed by atoms with Crippen LogP contribution in [0.4, 0.5) is 0 Å². The fraction of sp³-hybridized carbons (Fsp3) is 0.962. The Kier molecular flexibility index (Phi) is 32.2. The van der Waals surface area contributed by atoms with Crippen molar-refractivity contribution in [3.05, 3.63) is 0 Å². The van der Waals surface area contributed by atoms with Gasteiger partial charge in [0.05, 0.1) is 0 Å². The number of hydrogen-bond acceptors (Lipinski definition) is 3. The molecule has 0 rings (SSSR count). The van der Waals surface area contributed by atoms with Crippen LogP contribution in [0.2, 0.25) is 0 Å². The summed E-state index contributed by atoms with van der Waals surface area (Å²) in [6.07, 6.45) is 26.5. The number of carboxylic acids is 1. The topological polar surface area (TPSA) is 77.8 Å². The smallest absolute Gasteiger partial charge is 0.303 e. The molecule has 0 aromatic rings. The minimum Gasteiger partial charge on any atom is -0.481 e. The van der Waals surface area contributed by atoms with E-state index in [1.807, 2.05) is 0 Å². The van der Waals surface area contributed by atoms with E-state index < -0.39 is 5.97 Å². The molecule has 0 unspecified atom stereocenters. The van der Waals surface area contributed by atoms with Crippen LogP contribution in [-0.4, -0.2) is 34.5 Å². The van der Waals surface area contributed by atoms with Crippen molar-refractivity contribution in [1.29, 1.82) is 0 Å².